The zero-order valence-electron chi connectivity index (χ0n) is 15.1. The Hall–Kier alpha value is -3.91. The Bertz CT molecular complexity index is 1310. The summed E-state index contributed by atoms with van der Waals surface area (Å²) in [5.41, 5.74) is -7.98. The van der Waals surface area contributed by atoms with Crippen LogP contribution in [0.4, 0.5) is 35.1 Å². The molecule has 0 aliphatic heterocycles. The molecular formula is C17H8F8N4O3. The van der Waals surface area contributed by atoms with Crippen LogP contribution in [0.3, 0.4) is 0 Å². The summed E-state index contributed by atoms with van der Waals surface area (Å²) in [6.07, 6.45) is -9.31. The first-order valence-electron chi connectivity index (χ1n) is 8.12. The summed E-state index contributed by atoms with van der Waals surface area (Å²) in [5, 5.41) is 0. The van der Waals surface area contributed by atoms with E-state index < -0.39 is 68.5 Å². The minimum atomic E-state index is -5.21. The number of aromatic nitrogens is 3. The van der Waals surface area contributed by atoms with E-state index in [1.165, 1.54) is 0 Å². The van der Waals surface area contributed by atoms with E-state index in [0.717, 1.165) is 12.3 Å². The fourth-order valence-electron chi connectivity index (χ4n) is 2.56. The lowest BCUT2D eigenvalue weighted by Crippen LogP contribution is -2.45. The average molecular weight is 468 g/mol. The van der Waals surface area contributed by atoms with Crippen LogP contribution >= 0.6 is 0 Å². The fourth-order valence-corrected chi connectivity index (χ4v) is 2.56. The molecule has 0 aliphatic rings. The number of ether oxygens (including phenoxy) is 1. The van der Waals surface area contributed by atoms with E-state index in [0.29, 0.717) is 12.1 Å². The van der Waals surface area contributed by atoms with E-state index in [1.807, 2.05) is 0 Å². The number of pyridine rings is 1. The van der Waals surface area contributed by atoms with Gasteiger partial charge < -0.3 is 10.6 Å². The third-order valence-corrected chi connectivity index (χ3v) is 3.95. The van der Waals surface area contributed by atoms with Gasteiger partial charge in [-0.25, -0.2) is 27.8 Å². The normalized spacial score (nSPS) is 12.1. The third kappa shape index (κ3) is 4.13. The number of hydrogen-bond acceptors (Lipinski definition) is 5. The van der Waals surface area contributed by atoms with E-state index in [-0.39, 0.29) is 16.7 Å². The summed E-state index contributed by atoms with van der Waals surface area (Å²) in [6.45, 7) is 0. The number of alkyl halides is 6. The van der Waals surface area contributed by atoms with Crippen molar-refractivity contribution in [2.45, 2.75) is 12.4 Å². The average Bonchev–Trinajstić information content (AvgIpc) is 2.66. The number of rotatable bonds is 3. The maximum absolute atomic E-state index is 14.3. The van der Waals surface area contributed by atoms with Crippen LogP contribution in [0.25, 0.3) is 5.69 Å². The van der Waals surface area contributed by atoms with Crippen molar-refractivity contribution in [1.82, 2.24) is 14.2 Å². The lowest BCUT2D eigenvalue weighted by atomic mass is 10.2. The molecule has 2 N–H and O–H groups in total. The first-order chi connectivity index (χ1) is 14.7. The molecule has 7 nitrogen and oxygen atoms in total. The van der Waals surface area contributed by atoms with Gasteiger partial charge in [0, 0.05) is 24.4 Å². The molecule has 0 unspecified atom stereocenters. The molecule has 0 aliphatic carbocycles. The highest BCUT2D eigenvalue weighted by Gasteiger charge is 2.37. The highest BCUT2D eigenvalue weighted by atomic mass is 19.4. The predicted molar refractivity (Wildman–Crippen MR) is 90.7 cm³/mol. The molecule has 3 rings (SSSR count). The topological polar surface area (TPSA) is 92.1 Å². The van der Waals surface area contributed by atoms with E-state index >= 15 is 0 Å². The molecular weight excluding hydrogens is 460 g/mol. The molecule has 0 spiro atoms. The number of nitrogen functional groups attached to an aromatic ring is 1. The molecule has 0 radical (unpaired) electrons. The van der Waals surface area contributed by atoms with Crippen LogP contribution in [0, 0.1) is 11.6 Å². The van der Waals surface area contributed by atoms with Gasteiger partial charge in [-0.15, -0.1) is 0 Å². The van der Waals surface area contributed by atoms with Crippen LogP contribution in [-0.4, -0.2) is 14.2 Å². The first-order valence-corrected chi connectivity index (χ1v) is 8.12. The van der Waals surface area contributed by atoms with Crippen LogP contribution in [-0.2, 0) is 12.4 Å². The second-order valence-corrected chi connectivity index (χ2v) is 6.04. The molecule has 2 aromatic heterocycles. The molecule has 0 bridgehead atoms. The van der Waals surface area contributed by atoms with E-state index in [9.17, 15) is 44.7 Å². The molecule has 0 atom stereocenters. The van der Waals surface area contributed by atoms with E-state index in [1.54, 1.807) is 0 Å². The molecule has 0 saturated carbocycles. The number of benzene rings is 1. The van der Waals surface area contributed by atoms with Gasteiger partial charge in [0.25, 0.3) is 5.56 Å². The summed E-state index contributed by atoms with van der Waals surface area (Å²) in [6, 6.07) is 1.69. The van der Waals surface area contributed by atoms with Crippen LogP contribution < -0.4 is 21.8 Å². The van der Waals surface area contributed by atoms with Gasteiger partial charge in [0.15, 0.2) is 23.1 Å². The van der Waals surface area contributed by atoms with Crippen LogP contribution in [0.1, 0.15) is 11.3 Å². The molecule has 1 aromatic carbocycles. The number of nitrogens with two attached hydrogens (primary N) is 1. The van der Waals surface area contributed by atoms with Crippen molar-refractivity contribution in [2.75, 3.05) is 5.84 Å². The van der Waals surface area contributed by atoms with Gasteiger partial charge >= 0.3 is 18.0 Å². The molecule has 0 amide bonds. The number of nitrogens with zero attached hydrogens (tertiary/aromatic N) is 3. The summed E-state index contributed by atoms with van der Waals surface area (Å²) >= 11 is 0. The Kier molecular flexibility index (Phi) is 5.44. The maximum atomic E-state index is 14.3. The molecule has 0 fully saturated rings. The Morgan fingerprint density at radius 2 is 1.59 bits per heavy atom. The summed E-state index contributed by atoms with van der Waals surface area (Å²) in [5.74, 6) is -0.387. The number of halogens is 8. The monoisotopic (exact) mass is 468 g/mol. The van der Waals surface area contributed by atoms with Gasteiger partial charge in [-0.05, 0) is 12.1 Å². The fraction of sp³-hybridized carbons (Fsp3) is 0.118. The van der Waals surface area contributed by atoms with Crippen LogP contribution in [0.5, 0.6) is 11.6 Å². The molecule has 15 heteroatoms. The van der Waals surface area contributed by atoms with Crippen molar-refractivity contribution < 1.29 is 39.9 Å². The highest BCUT2D eigenvalue weighted by molar-refractivity contribution is 5.44. The van der Waals surface area contributed by atoms with E-state index in [4.69, 9.17) is 10.6 Å². The third-order valence-electron chi connectivity index (χ3n) is 3.95. The van der Waals surface area contributed by atoms with Gasteiger partial charge in [-0.2, -0.15) is 26.3 Å². The Morgan fingerprint density at radius 3 is 2.19 bits per heavy atom. The minimum absolute atomic E-state index is 0.0469. The zero-order valence-corrected chi connectivity index (χ0v) is 15.1. The van der Waals surface area contributed by atoms with Crippen molar-refractivity contribution in [2.24, 2.45) is 0 Å². The van der Waals surface area contributed by atoms with Gasteiger partial charge in [-0.1, -0.05) is 0 Å². The van der Waals surface area contributed by atoms with Crippen molar-refractivity contribution in [1.29, 1.82) is 0 Å². The molecule has 170 valence electrons. The lowest BCUT2D eigenvalue weighted by molar-refractivity contribution is -0.143. The molecule has 3 aromatic rings. The molecule has 2 heterocycles. The summed E-state index contributed by atoms with van der Waals surface area (Å²) in [4.78, 5) is 27.6. The first kappa shape index (κ1) is 22.8. The largest absolute Gasteiger partial charge is 0.435 e. The standard InChI is InChI=1S/C17H8F8N4O3/c18-8-4-9(19)11(32-14-7(16(20,21)22)2-1-3-27-14)5-10(8)28-13(30)6-12(17(23,24)25)29(26)15(28)31/h1-6H,26H2. The quantitative estimate of drug-likeness (QED) is 0.471. The summed E-state index contributed by atoms with van der Waals surface area (Å²) < 4.78 is 110. The Morgan fingerprint density at radius 1 is 0.938 bits per heavy atom. The van der Waals surface area contributed by atoms with Gasteiger partial charge in [0.2, 0.25) is 5.88 Å². The van der Waals surface area contributed by atoms with Crippen molar-refractivity contribution >= 4 is 0 Å². The predicted octanol–water partition coefficient (Wildman–Crippen LogP) is 3.22. The smallest absolute Gasteiger partial charge is 0.433 e. The SMILES string of the molecule is Nn1c(C(F)(F)F)cc(=O)n(-c2cc(Oc3ncccc3C(F)(F)F)c(F)cc2F)c1=O. The maximum Gasteiger partial charge on any atom is 0.433 e. The molecule has 0 saturated heterocycles. The van der Waals surface area contributed by atoms with Gasteiger partial charge in [-0.3, -0.25) is 4.79 Å². The lowest BCUT2D eigenvalue weighted by Gasteiger charge is -2.16. The number of hydrogen-bond donors (Lipinski definition) is 1. The second-order valence-electron chi connectivity index (χ2n) is 6.04. The van der Waals surface area contributed by atoms with Crippen LogP contribution in [0.15, 0.2) is 46.1 Å². The van der Waals surface area contributed by atoms with E-state index in [2.05, 4.69) is 4.98 Å². The summed E-state index contributed by atoms with van der Waals surface area (Å²) in [7, 11) is 0. The second kappa shape index (κ2) is 7.65. The van der Waals surface area contributed by atoms with Gasteiger partial charge in [0.05, 0.1) is 5.69 Å². The zero-order chi connectivity index (χ0) is 24.0. The van der Waals surface area contributed by atoms with Crippen molar-refractivity contribution in [3.8, 4) is 17.3 Å². The van der Waals surface area contributed by atoms with Gasteiger partial charge in [0.1, 0.15) is 5.56 Å². The van der Waals surface area contributed by atoms with Crippen molar-refractivity contribution in [3.05, 3.63) is 80.3 Å². The highest BCUT2D eigenvalue weighted by Crippen LogP contribution is 2.37. The van der Waals surface area contributed by atoms with Crippen molar-refractivity contribution in [3.63, 3.8) is 0 Å². The Balaban J connectivity index is 2.20. The minimum Gasteiger partial charge on any atom is -0.435 e. The Labute approximate surface area is 170 Å². The molecule has 32 heavy (non-hydrogen) atoms. The van der Waals surface area contributed by atoms with Crippen LogP contribution in [0.2, 0.25) is 0 Å².